The minimum atomic E-state index is -1.11. The molecule has 1 saturated heterocycles. The summed E-state index contributed by atoms with van der Waals surface area (Å²) in [6.07, 6.45) is 0.420. The first kappa shape index (κ1) is 22.1. The smallest absolute Gasteiger partial charge is 0.325 e. The van der Waals surface area contributed by atoms with Crippen molar-refractivity contribution in [3.63, 3.8) is 0 Å². The van der Waals surface area contributed by atoms with Gasteiger partial charge in [-0.3, -0.25) is 9.69 Å². The predicted octanol–water partition coefficient (Wildman–Crippen LogP) is 4.84. The van der Waals surface area contributed by atoms with E-state index in [1.165, 1.54) is 16.2 Å². The highest BCUT2D eigenvalue weighted by Gasteiger charge is 2.51. The Bertz CT molecular complexity index is 1160. The van der Waals surface area contributed by atoms with E-state index in [9.17, 15) is 9.59 Å². The van der Waals surface area contributed by atoms with Gasteiger partial charge in [0.2, 0.25) is 0 Å². The molecule has 32 heavy (non-hydrogen) atoms. The topological polar surface area (TPSA) is 80.8 Å². The third-order valence-electron chi connectivity index (χ3n) is 5.55. The monoisotopic (exact) mass is 471 g/mol. The first-order valence-corrected chi connectivity index (χ1v) is 11.2. The Balaban J connectivity index is 1.58. The van der Waals surface area contributed by atoms with E-state index < -0.39 is 11.6 Å². The van der Waals surface area contributed by atoms with E-state index in [0.717, 1.165) is 10.6 Å². The summed E-state index contributed by atoms with van der Waals surface area (Å²) in [6.45, 7) is 1.96. The number of hydrogen-bond donors (Lipinski definition) is 1. The van der Waals surface area contributed by atoms with Gasteiger partial charge in [0, 0.05) is 16.0 Å². The summed E-state index contributed by atoms with van der Waals surface area (Å²) in [6, 6.07) is 12.1. The summed E-state index contributed by atoms with van der Waals surface area (Å²) in [5.74, 6) is 0.935. The predicted molar refractivity (Wildman–Crippen MR) is 123 cm³/mol. The lowest BCUT2D eigenvalue weighted by atomic mass is 9.87. The van der Waals surface area contributed by atoms with Crippen molar-refractivity contribution in [1.82, 2.24) is 15.2 Å². The van der Waals surface area contributed by atoms with Crippen molar-refractivity contribution in [2.24, 2.45) is 0 Å². The van der Waals surface area contributed by atoms with E-state index in [4.69, 9.17) is 21.1 Å². The number of thiazole rings is 1. The first-order valence-electron chi connectivity index (χ1n) is 9.98. The van der Waals surface area contributed by atoms with Gasteiger partial charge in [0.25, 0.3) is 5.91 Å². The molecule has 3 aromatic rings. The third-order valence-corrected chi connectivity index (χ3v) is 6.74. The third kappa shape index (κ3) is 3.80. The lowest BCUT2D eigenvalue weighted by molar-refractivity contribution is -0.132. The molecule has 3 amide bonds. The minimum Gasteiger partial charge on any atom is -0.493 e. The minimum absolute atomic E-state index is 0.0871. The van der Waals surface area contributed by atoms with E-state index in [1.807, 2.05) is 30.5 Å². The Morgan fingerprint density at radius 3 is 2.47 bits per heavy atom. The van der Waals surface area contributed by atoms with Crippen molar-refractivity contribution < 1.29 is 19.1 Å². The van der Waals surface area contributed by atoms with Crippen LogP contribution in [0.15, 0.2) is 47.8 Å². The Kier molecular flexibility index (Phi) is 6.08. The number of imide groups is 1. The molecule has 7 nitrogen and oxygen atoms in total. The number of nitrogens with zero attached hydrogens (tertiary/aromatic N) is 2. The Morgan fingerprint density at radius 1 is 1.09 bits per heavy atom. The Hall–Kier alpha value is -3.10. The number of urea groups is 1. The van der Waals surface area contributed by atoms with Gasteiger partial charge < -0.3 is 14.8 Å². The van der Waals surface area contributed by atoms with Gasteiger partial charge in [-0.25, -0.2) is 9.78 Å². The van der Waals surface area contributed by atoms with Gasteiger partial charge >= 0.3 is 6.03 Å². The van der Waals surface area contributed by atoms with Crippen molar-refractivity contribution >= 4 is 34.9 Å². The normalized spacial score (nSPS) is 18.1. The molecule has 1 aliphatic heterocycles. The molecule has 2 aromatic carbocycles. The quantitative estimate of drug-likeness (QED) is 0.499. The average molecular weight is 472 g/mol. The number of methoxy groups -OCH3 is 2. The van der Waals surface area contributed by atoms with Crippen LogP contribution >= 0.6 is 22.9 Å². The SMILES string of the molecule is CCC1(c2ccc(Cl)cc2)NC(=O)N(Cc2csc(-c3ccc(OC)c(OC)c3)n2)C1=O. The Morgan fingerprint density at radius 2 is 1.81 bits per heavy atom. The molecule has 1 fully saturated rings. The highest BCUT2D eigenvalue weighted by atomic mass is 35.5. The molecule has 9 heteroatoms. The van der Waals surface area contributed by atoms with Crippen molar-refractivity contribution in [1.29, 1.82) is 0 Å². The van der Waals surface area contributed by atoms with E-state index in [-0.39, 0.29) is 12.5 Å². The zero-order valence-electron chi connectivity index (χ0n) is 17.8. The molecule has 0 radical (unpaired) electrons. The molecule has 0 aliphatic carbocycles. The van der Waals surface area contributed by atoms with Gasteiger partial charge in [-0.1, -0.05) is 30.7 Å². The summed E-state index contributed by atoms with van der Waals surface area (Å²) in [5, 5.41) is 6.05. The van der Waals surface area contributed by atoms with Crippen LogP contribution in [0, 0.1) is 0 Å². The largest absolute Gasteiger partial charge is 0.493 e. The fraction of sp³-hybridized carbons (Fsp3) is 0.261. The van der Waals surface area contributed by atoms with Gasteiger partial charge in [0.05, 0.1) is 26.5 Å². The average Bonchev–Trinajstić information content (AvgIpc) is 3.38. The standard InChI is InChI=1S/C23H22ClN3O4S/c1-4-23(15-6-8-16(24)9-7-15)21(28)27(22(29)26-23)12-17-13-32-20(25-17)14-5-10-18(30-2)19(11-14)31-3/h5-11,13H,4,12H2,1-3H3,(H,26,29). The lowest BCUT2D eigenvalue weighted by Crippen LogP contribution is -2.43. The molecule has 0 bridgehead atoms. The van der Waals surface area contributed by atoms with E-state index in [1.54, 1.807) is 38.5 Å². The van der Waals surface area contributed by atoms with E-state index in [2.05, 4.69) is 10.3 Å². The van der Waals surface area contributed by atoms with Gasteiger partial charge in [0.15, 0.2) is 11.5 Å². The zero-order chi connectivity index (χ0) is 22.9. The molecule has 0 saturated carbocycles. The van der Waals surface area contributed by atoms with Crippen molar-refractivity contribution in [3.05, 3.63) is 64.1 Å². The number of benzene rings is 2. The summed E-state index contributed by atoms with van der Waals surface area (Å²) in [5.41, 5.74) is 1.09. The first-order chi connectivity index (χ1) is 15.4. The van der Waals surface area contributed by atoms with Crippen LogP contribution in [0.5, 0.6) is 11.5 Å². The van der Waals surface area contributed by atoms with Gasteiger partial charge in [-0.05, 0) is 42.3 Å². The number of nitrogens with one attached hydrogen (secondary N) is 1. The summed E-state index contributed by atoms with van der Waals surface area (Å²) >= 11 is 7.43. The number of rotatable bonds is 7. The maximum Gasteiger partial charge on any atom is 0.325 e. The number of amides is 3. The number of halogens is 1. The van der Waals surface area contributed by atoms with Crippen LogP contribution in [0.1, 0.15) is 24.6 Å². The molecule has 166 valence electrons. The van der Waals surface area contributed by atoms with Crippen LogP contribution in [0.3, 0.4) is 0 Å². The van der Waals surface area contributed by atoms with Gasteiger partial charge in [-0.2, -0.15) is 0 Å². The highest BCUT2D eigenvalue weighted by Crippen LogP contribution is 2.36. The fourth-order valence-electron chi connectivity index (χ4n) is 3.79. The van der Waals surface area contributed by atoms with E-state index >= 15 is 0 Å². The van der Waals surface area contributed by atoms with Crippen LogP contribution in [-0.4, -0.2) is 36.0 Å². The zero-order valence-corrected chi connectivity index (χ0v) is 19.4. The van der Waals surface area contributed by atoms with Crippen molar-refractivity contribution in [2.45, 2.75) is 25.4 Å². The molecule has 1 aliphatic rings. The van der Waals surface area contributed by atoms with Crippen molar-refractivity contribution in [2.75, 3.05) is 14.2 Å². The van der Waals surface area contributed by atoms with Crippen LogP contribution < -0.4 is 14.8 Å². The molecule has 1 N–H and O–H groups in total. The number of ether oxygens (including phenoxy) is 2. The summed E-state index contributed by atoms with van der Waals surface area (Å²) in [4.78, 5) is 31.9. The molecular formula is C23H22ClN3O4S. The van der Waals surface area contributed by atoms with Gasteiger partial charge in [-0.15, -0.1) is 11.3 Å². The van der Waals surface area contributed by atoms with Crippen molar-refractivity contribution in [3.8, 4) is 22.1 Å². The maximum atomic E-state index is 13.3. The second-order valence-electron chi connectivity index (χ2n) is 7.30. The fourth-order valence-corrected chi connectivity index (χ4v) is 4.72. The molecule has 4 rings (SSSR count). The number of carbonyl (C=O) groups is 2. The molecule has 1 aromatic heterocycles. The number of carbonyl (C=O) groups excluding carboxylic acids is 2. The molecule has 1 atom stereocenters. The number of aromatic nitrogens is 1. The molecule has 2 heterocycles. The maximum absolute atomic E-state index is 13.3. The van der Waals surface area contributed by atoms with Crippen LogP contribution in [0.25, 0.3) is 10.6 Å². The van der Waals surface area contributed by atoms with E-state index in [0.29, 0.717) is 34.2 Å². The molecular weight excluding hydrogens is 450 g/mol. The van der Waals surface area contributed by atoms with Gasteiger partial charge in [0.1, 0.15) is 10.5 Å². The summed E-state index contributed by atoms with van der Waals surface area (Å²) < 4.78 is 10.6. The molecule has 0 spiro atoms. The Labute approximate surface area is 194 Å². The van der Waals surface area contributed by atoms with Crippen LogP contribution in [0.4, 0.5) is 4.79 Å². The second-order valence-corrected chi connectivity index (χ2v) is 8.60. The van der Waals surface area contributed by atoms with Crippen LogP contribution in [-0.2, 0) is 16.9 Å². The lowest BCUT2D eigenvalue weighted by Gasteiger charge is -2.25. The summed E-state index contributed by atoms with van der Waals surface area (Å²) in [7, 11) is 3.16. The second kappa shape index (κ2) is 8.80. The highest BCUT2D eigenvalue weighted by molar-refractivity contribution is 7.13. The molecule has 1 unspecified atom stereocenters. The van der Waals surface area contributed by atoms with Crippen LogP contribution in [0.2, 0.25) is 5.02 Å². The number of hydrogen-bond acceptors (Lipinski definition) is 6.